The van der Waals surface area contributed by atoms with E-state index in [4.69, 9.17) is 4.98 Å². The van der Waals surface area contributed by atoms with E-state index in [2.05, 4.69) is 27.5 Å². The van der Waals surface area contributed by atoms with E-state index in [1.165, 1.54) is 24.5 Å². The molecule has 37 heavy (non-hydrogen) atoms. The minimum absolute atomic E-state index is 0.0242. The number of hydrazine groups is 1. The number of hydrogen-bond acceptors (Lipinski definition) is 8. The number of benzene rings is 1. The first kappa shape index (κ1) is 23.9. The van der Waals surface area contributed by atoms with Gasteiger partial charge >= 0.3 is 0 Å². The van der Waals surface area contributed by atoms with Crippen LogP contribution in [0.4, 0.5) is 14.6 Å². The van der Waals surface area contributed by atoms with Crippen LogP contribution in [0.15, 0.2) is 47.5 Å². The van der Waals surface area contributed by atoms with Gasteiger partial charge in [-0.25, -0.2) is 32.2 Å². The predicted molar refractivity (Wildman–Crippen MR) is 136 cm³/mol. The Bertz CT molecular complexity index is 1530. The van der Waals surface area contributed by atoms with Crippen molar-refractivity contribution >= 4 is 21.5 Å². The Morgan fingerprint density at radius 3 is 2.65 bits per heavy atom. The maximum atomic E-state index is 14.5. The average Bonchev–Trinajstić information content (AvgIpc) is 3.54. The van der Waals surface area contributed by atoms with Gasteiger partial charge in [0.05, 0.1) is 33.8 Å². The quantitative estimate of drug-likeness (QED) is 0.524. The van der Waals surface area contributed by atoms with E-state index in [1.54, 1.807) is 11.1 Å². The molecule has 192 valence electrons. The van der Waals surface area contributed by atoms with Crippen molar-refractivity contribution in [2.45, 2.75) is 37.5 Å². The maximum absolute atomic E-state index is 14.5. The van der Waals surface area contributed by atoms with Crippen molar-refractivity contribution in [2.75, 3.05) is 23.7 Å². The molecule has 1 fully saturated rings. The molecule has 2 aliphatic carbocycles. The lowest BCUT2D eigenvalue weighted by Gasteiger charge is -2.31. The fourth-order valence-electron chi connectivity index (χ4n) is 6.10. The van der Waals surface area contributed by atoms with E-state index < -0.39 is 26.9 Å². The first-order valence-corrected chi connectivity index (χ1v) is 14.3. The van der Waals surface area contributed by atoms with Crippen molar-refractivity contribution < 1.29 is 17.2 Å². The summed E-state index contributed by atoms with van der Waals surface area (Å²) < 4.78 is 51.9. The molecule has 0 saturated heterocycles. The zero-order valence-corrected chi connectivity index (χ0v) is 21.3. The summed E-state index contributed by atoms with van der Waals surface area (Å²) in [4.78, 5) is 9.41. The van der Waals surface area contributed by atoms with Crippen LogP contribution in [0.25, 0.3) is 11.3 Å². The molecule has 3 atom stereocenters. The number of aromatic nitrogens is 3. The number of fused-ring (bicyclic) bond motifs is 5. The van der Waals surface area contributed by atoms with Gasteiger partial charge in [-0.05, 0) is 60.6 Å². The van der Waals surface area contributed by atoms with Gasteiger partial charge in [-0.1, -0.05) is 19.1 Å². The zero-order valence-electron chi connectivity index (χ0n) is 20.4. The summed E-state index contributed by atoms with van der Waals surface area (Å²) in [5.41, 5.74) is 5.42. The highest BCUT2D eigenvalue weighted by molar-refractivity contribution is 7.90. The Labute approximate surface area is 213 Å². The van der Waals surface area contributed by atoms with Gasteiger partial charge in [-0.15, -0.1) is 5.10 Å². The Morgan fingerprint density at radius 2 is 1.89 bits per heavy atom. The number of nitrogens with one attached hydrogen (secondary N) is 1. The van der Waals surface area contributed by atoms with Gasteiger partial charge in [-0.3, -0.25) is 5.43 Å². The molecular weight excluding hydrogens is 498 g/mol. The highest BCUT2D eigenvalue weighted by Gasteiger charge is 2.58. The summed E-state index contributed by atoms with van der Waals surface area (Å²) >= 11 is 0. The van der Waals surface area contributed by atoms with Crippen molar-refractivity contribution in [2.24, 2.45) is 10.9 Å². The first-order chi connectivity index (χ1) is 17.7. The maximum Gasteiger partial charge on any atom is 0.149 e. The molecule has 11 heteroatoms. The standard InChI is InChI=1S/C26H26F2N6O2S/c1-15-16-9-11-26(15,25-17(16)13-20(31-32-25)24-18(27)5-3-6-19(24)28)21-7-4-8-23(30-21)34-14-29-22(33-34)10-12-37(2,35)36/h3-8,13,15-16H,9-12,14H2,1-2H3,(H,29,33)/t15?,16-,26+/m1/s1. The largest absolute Gasteiger partial charge is 0.282 e. The molecule has 0 amide bonds. The van der Waals surface area contributed by atoms with Crippen LogP contribution in [0.3, 0.4) is 0 Å². The second kappa shape index (κ2) is 8.54. The lowest BCUT2D eigenvalue weighted by Crippen LogP contribution is -2.38. The average molecular weight is 525 g/mol. The third kappa shape index (κ3) is 3.87. The molecule has 3 heterocycles. The van der Waals surface area contributed by atoms with Gasteiger partial charge < -0.3 is 0 Å². The molecule has 2 bridgehead atoms. The minimum Gasteiger partial charge on any atom is -0.282 e. The van der Waals surface area contributed by atoms with E-state index >= 15 is 0 Å². The zero-order chi connectivity index (χ0) is 25.9. The number of sulfone groups is 1. The Hall–Kier alpha value is -3.47. The summed E-state index contributed by atoms with van der Waals surface area (Å²) in [6, 6.07) is 11.4. The molecule has 2 aromatic heterocycles. The van der Waals surface area contributed by atoms with Gasteiger partial charge in [0.1, 0.15) is 39.8 Å². The molecule has 8 nitrogen and oxygen atoms in total. The van der Waals surface area contributed by atoms with Gasteiger partial charge in [0.15, 0.2) is 0 Å². The summed E-state index contributed by atoms with van der Waals surface area (Å²) in [6.07, 6.45) is 3.30. The Kier molecular flexibility index (Phi) is 5.52. The molecule has 0 radical (unpaired) electrons. The number of aliphatic imine (C=N–C) groups is 1. The molecular formula is C26H26F2N6O2S. The third-order valence-electron chi connectivity index (χ3n) is 7.94. The number of rotatable bonds is 6. The molecule has 6 rings (SSSR count). The number of pyridine rings is 1. The lowest BCUT2D eigenvalue weighted by molar-refractivity contribution is 0.398. The van der Waals surface area contributed by atoms with Crippen LogP contribution in [0, 0.1) is 17.6 Å². The molecule has 1 unspecified atom stereocenters. The van der Waals surface area contributed by atoms with Gasteiger partial charge in [0.25, 0.3) is 0 Å². The number of hydrogen-bond donors (Lipinski definition) is 1. The van der Waals surface area contributed by atoms with Gasteiger partial charge in [-0.2, -0.15) is 5.10 Å². The van der Waals surface area contributed by atoms with Gasteiger partial charge in [0.2, 0.25) is 0 Å². The topological polar surface area (TPSA) is 100 Å². The number of nitrogens with zero attached hydrogens (tertiary/aromatic N) is 5. The van der Waals surface area contributed by atoms with Crippen LogP contribution in [0.1, 0.15) is 49.1 Å². The minimum atomic E-state index is -3.09. The highest BCUT2D eigenvalue weighted by atomic mass is 32.2. The van der Waals surface area contributed by atoms with Crippen LogP contribution in [0.5, 0.6) is 0 Å². The van der Waals surface area contributed by atoms with E-state index in [-0.39, 0.29) is 28.8 Å². The van der Waals surface area contributed by atoms with Crippen molar-refractivity contribution in [1.29, 1.82) is 0 Å². The Morgan fingerprint density at radius 1 is 1.14 bits per heavy atom. The second-order valence-corrected chi connectivity index (χ2v) is 12.3. The van der Waals surface area contributed by atoms with Crippen LogP contribution in [0.2, 0.25) is 0 Å². The summed E-state index contributed by atoms with van der Waals surface area (Å²) in [5, 5.41) is 10.6. The molecule has 0 spiro atoms. The van der Waals surface area contributed by atoms with Crippen molar-refractivity contribution in [3.63, 3.8) is 0 Å². The Balaban J connectivity index is 1.32. The van der Waals surface area contributed by atoms with E-state index in [0.717, 1.165) is 29.8 Å². The number of halogens is 2. The fourth-order valence-corrected chi connectivity index (χ4v) is 6.66. The molecule has 1 aliphatic heterocycles. The summed E-state index contributed by atoms with van der Waals surface area (Å²) in [7, 11) is -3.09. The van der Waals surface area contributed by atoms with Crippen molar-refractivity contribution in [3.05, 3.63) is 71.1 Å². The van der Waals surface area contributed by atoms with Crippen LogP contribution >= 0.6 is 0 Å². The molecule has 1 N–H and O–H groups in total. The summed E-state index contributed by atoms with van der Waals surface area (Å²) in [5.74, 6) is 0.364. The third-order valence-corrected chi connectivity index (χ3v) is 8.89. The van der Waals surface area contributed by atoms with Gasteiger partial charge in [0, 0.05) is 12.7 Å². The molecule has 3 aliphatic rings. The highest BCUT2D eigenvalue weighted by Crippen LogP contribution is 2.62. The number of anilines is 1. The van der Waals surface area contributed by atoms with Crippen molar-refractivity contribution in [3.8, 4) is 11.3 Å². The second-order valence-electron chi connectivity index (χ2n) is 10.1. The predicted octanol–water partition coefficient (Wildman–Crippen LogP) is 3.75. The summed E-state index contributed by atoms with van der Waals surface area (Å²) in [6.45, 7) is 2.51. The van der Waals surface area contributed by atoms with E-state index in [0.29, 0.717) is 24.7 Å². The normalized spacial score (nSPS) is 24.2. The monoisotopic (exact) mass is 524 g/mol. The SMILES string of the molecule is CC1[C@H]2CC[C@]1(c1cccc(N3CN=C(CCS(C)(=O)=O)N3)n1)c1nnc(-c3c(F)cccc3F)cc12. The first-order valence-electron chi connectivity index (χ1n) is 12.2. The smallest absolute Gasteiger partial charge is 0.149 e. The molecule has 3 aromatic rings. The fraction of sp³-hybridized carbons (Fsp3) is 0.385. The van der Waals surface area contributed by atoms with E-state index in [9.17, 15) is 17.2 Å². The van der Waals surface area contributed by atoms with Crippen molar-refractivity contribution in [1.82, 2.24) is 20.6 Å². The molecule has 1 saturated carbocycles. The van der Waals surface area contributed by atoms with Crippen LogP contribution in [-0.2, 0) is 15.3 Å². The van der Waals surface area contributed by atoms with Crippen LogP contribution < -0.4 is 10.4 Å². The number of amidine groups is 1. The van der Waals surface area contributed by atoms with E-state index in [1.807, 2.05) is 18.2 Å². The molecule has 1 aromatic carbocycles. The van der Waals surface area contributed by atoms with Crippen LogP contribution in [-0.4, -0.2) is 48.1 Å². The lowest BCUT2D eigenvalue weighted by atomic mass is 9.75.